The summed E-state index contributed by atoms with van der Waals surface area (Å²) in [7, 11) is 0. The van der Waals surface area contributed by atoms with Crippen molar-refractivity contribution in [2.75, 3.05) is 24.2 Å². The molecule has 0 radical (unpaired) electrons. The zero-order valence-corrected chi connectivity index (χ0v) is 8.13. The average Bonchev–Trinajstić information content (AvgIpc) is 2.04. The SMILES string of the molecule is CCNc1cc(N)cc(OCC)c1. The second-order valence-corrected chi connectivity index (χ2v) is 2.75. The van der Waals surface area contributed by atoms with Crippen LogP contribution in [0.25, 0.3) is 0 Å². The summed E-state index contributed by atoms with van der Waals surface area (Å²) < 4.78 is 5.35. The first-order valence-electron chi connectivity index (χ1n) is 4.53. The fraction of sp³-hybridized carbons (Fsp3) is 0.400. The van der Waals surface area contributed by atoms with Crippen molar-refractivity contribution in [2.45, 2.75) is 13.8 Å². The molecule has 0 aliphatic rings. The molecule has 0 aliphatic carbocycles. The summed E-state index contributed by atoms with van der Waals surface area (Å²) in [5, 5.41) is 3.19. The Labute approximate surface area is 78.9 Å². The van der Waals surface area contributed by atoms with Gasteiger partial charge in [-0.1, -0.05) is 0 Å². The molecule has 0 atom stereocenters. The third-order valence-corrected chi connectivity index (χ3v) is 1.62. The molecule has 0 spiro atoms. The van der Waals surface area contributed by atoms with Crippen LogP contribution in [0.2, 0.25) is 0 Å². The second-order valence-electron chi connectivity index (χ2n) is 2.75. The largest absolute Gasteiger partial charge is 0.494 e. The van der Waals surface area contributed by atoms with Crippen LogP contribution in [0.5, 0.6) is 5.75 Å². The minimum absolute atomic E-state index is 0.662. The lowest BCUT2D eigenvalue weighted by Gasteiger charge is -2.08. The van der Waals surface area contributed by atoms with Crippen molar-refractivity contribution < 1.29 is 4.74 Å². The topological polar surface area (TPSA) is 47.3 Å². The normalized spacial score (nSPS) is 9.69. The van der Waals surface area contributed by atoms with Gasteiger partial charge in [-0.2, -0.15) is 0 Å². The Kier molecular flexibility index (Phi) is 3.43. The summed E-state index contributed by atoms with van der Waals surface area (Å²) in [6.45, 7) is 5.55. The van der Waals surface area contributed by atoms with Crippen molar-refractivity contribution in [1.29, 1.82) is 0 Å². The molecule has 0 amide bonds. The minimum Gasteiger partial charge on any atom is -0.494 e. The molecular formula is C10H16N2O. The lowest BCUT2D eigenvalue weighted by Crippen LogP contribution is -1.99. The first kappa shape index (κ1) is 9.71. The third-order valence-electron chi connectivity index (χ3n) is 1.62. The molecule has 3 nitrogen and oxygen atoms in total. The van der Waals surface area contributed by atoms with E-state index in [2.05, 4.69) is 5.32 Å². The standard InChI is InChI=1S/C10H16N2O/c1-3-12-9-5-8(11)6-10(7-9)13-4-2/h5-7,12H,3-4,11H2,1-2H3. The predicted octanol–water partition coefficient (Wildman–Crippen LogP) is 2.10. The van der Waals surface area contributed by atoms with Crippen molar-refractivity contribution in [1.82, 2.24) is 0 Å². The van der Waals surface area contributed by atoms with E-state index in [0.29, 0.717) is 6.61 Å². The molecule has 1 aromatic rings. The zero-order valence-electron chi connectivity index (χ0n) is 8.13. The van der Waals surface area contributed by atoms with Crippen LogP contribution in [-0.2, 0) is 0 Å². The number of rotatable bonds is 4. The van der Waals surface area contributed by atoms with Crippen molar-refractivity contribution in [3.8, 4) is 5.75 Å². The molecule has 1 aromatic carbocycles. The van der Waals surface area contributed by atoms with E-state index >= 15 is 0 Å². The molecule has 1 rings (SSSR count). The van der Waals surface area contributed by atoms with Crippen LogP contribution in [0.4, 0.5) is 11.4 Å². The lowest BCUT2D eigenvalue weighted by molar-refractivity contribution is 0.340. The van der Waals surface area contributed by atoms with Crippen molar-refractivity contribution in [3.63, 3.8) is 0 Å². The molecule has 0 saturated carbocycles. The molecule has 0 bridgehead atoms. The van der Waals surface area contributed by atoms with Crippen LogP contribution >= 0.6 is 0 Å². The number of nitrogens with one attached hydrogen (secondary N) is 1. The van der Waals surface area contributed by atoms with E-state index in [1.807, 2.05) is 32.0 Å². The average molecular weight is 180 g/mol. The van der Waals surface area contributed by atoms with Crippen LogP contribution in [-0.4, -0.2) is 13.2 Å². The van der Waals surface area contributed by atoms with E-state index in [9.17, 15) is 0 Å². The summed E-state index contributed by atoms with van der Waals surface area (Å²) >= 11 is 0. The van der Waals surface area contributed by atoms with Gasteiger partial charge in [-0.25, -0.2) is 0 Å². The fourth-order valence-corrected chi connectivity index (χ4v) is 1.18. The van der Waals surface area contributed by atoms with Crippen molar-refractivity contribution in [3.05, 3.63) is 18.2 Å². The fourth-order valence-electron chi connectivity index (χ4n) is 1.18. The molecular weight excluding hydrogens is 164 g/mol. The molecule has 72 valence electrons. The highest BCUT2D eigenvalue weighted by molar-refractivity contribution is 5.59. The second kappa shape index (κ2) is 4.60. The highest BCUT2D eigenvalue weighted by atomic mass is 16.5. The summed E-state index contributed by atoms with van der Waals surface area (Å²) in [5.41, 5.74) is 7.43. The number of benzene rings is 1. The predicted molar refractivity (Wildman–Crippen MR) is 56.2 cm³/mol. The third kappa shape index (κ3) is 2.86. The van der Waals surface area contributed by atoms with Gasteiger partial charge in [0.15, 0.2) is 0 Å². The molecule has 3 N–H and O–H groups in total. The first-order valence-corrected chi connectivity index (χ1v) is 4.53. The van der Waals surface area contributed by atoms with E-state index in [-0.39, 0.29) is 0 Å². The number of ether oxygens (including phenoxy) is 1. The molecule has 0 aromatic heterocycles. The van der Waals surface area contributed by atoms with Crippen LogP contribution in [0.15, 0.2) is 18.2 Å². The Hall–Kier alpha value is -1.38. The van der Waals surface area contributed by atoms with Gasteiger partial charge < -0.3 is 15.8 Å². The Balaban J connectivity index is 2.83. The Morgan fingerprint density at radius 2 is 2.08 bits per heavy atom. The number of anilines is 2. The maximum Gasteiger partial charge on any atom is 0.123 e. The summed E-state index contributed by atoms with van der Waals surface area (Å²) in [4.78, 5) is 0. The maximum atomic E-state index is 5.70. The molecule has 0 saturated heterocycles. The van der Waals surface area contributed by atoms with Gasteiger partial charge in [0.2, 0.25) is 0 Å². The van der Waals surface area contributed by atoms with Crippen LogP contribution in [0.3, 0.4) is 0 Å². The van der Waals surface area contributed by atoms with E-state index in [4.69, 9.17) is 10.5 Å². The van der Waals surface area contributed by atoms with Gasteiger partial charge in [-0.15, -0.1) is 0 Å². The quantitative estimate of drug-likeness (QED) is 0.697. The van der Waals surface area contributed by atoms with Gasteiger partial charge in [0.1, 0.15) is 5.75 Å². The van der Waals surface area contributed by atoms with Gasteiger partial charge in [0.25, 0.3) is 0 Å². The highest BCUT2D eigenvalue weighted by Gasteiger charge is 1.97. The number of nitrogens with two attached hydrogens (primary N) is 1. The van der Waals surface area contributed by atoms with Crippen LogP contribution in [0, 0.1) is 0 Å². The Morgan fingerprint density at radius 3 is 2.69 bits per heavy atom. The molecule has 0 aliphatic heterocycles. The van der Waals surface area contributed by atoms with Crippen molar-refractivity contribution >= 4 is 11.4 Å². The minimum atomic E-state index is 0.662. The Bertz CT molecular complexity index is 249. The van der Waals surface area contributed by atoms with E-state index in [1.54, 1.807) is 0 Å². The zero-order chi connectivity index (χ0) is 9.68. The number of nitrogen functional groups attached to an aromatic ring is 1. The van der Waals surface area contributed by atoms with Gasteiger partial charge in [0, 0.05) is 30.1 Å². The van der Waals surface area contributed by atoms with Gasteiger partial charge in [0.05, 0.1) is 6.61 Å². The van der Waals surface area contributed by atoms with Gasteiger partial charge >= 0.3 is 0 Å². The summed E-state index contributed by atoms with van der Waals surface area (Å²) in [6, 6.07) is 5.67. The lowest BCUT2D eigenvalue weighted by atomic mass is 10.2. The number of hydrogen-bond acceptors (Lipinski definition) is 3. The van der Waals surface area contributed by atoms with Crippen LogP contribution < -0.4 is 15.8 Å². The summed E-state index contributed by atoms with van der Waals surface area (Å²) in [5.74, 6) is 0.818. The van der Waals surface area contributed by atoms with Crippen LogP contribution in [0.1, 0.15) is 13.8 Å². The molecule has 13 heavy (non-hydrogen) atoms. The van der Waals surface area contributed by atoms with Crippen molar-refractivity contribution in [2.24, 2.45) is 0 Å². The summed E-state index contributed by atoms with van der Waals surface area (Å²) in [6.07, 6.45) is 0. The highest BCUT2D eigenvalue weighted by Crippen LogP contribution is 2.22. The molecule has 0 unspecified atom stereocenters. The molecule has 0 heterocycles. The molecule has 0 fully saturated rings. The smallest absolute Gasteiger partial charge is 0.123 e. The number of hydrogen-bond donors (Lipinski definition) is 2. The monoisotopic (exact) mass is 180 g/mol. The maximum absolute atomic E-state index is 5.70. The van der Waals surface area contributed by atoms with E-state index in [1.165, 1.54) is 0 Å². The Morgan fingerprint density at radius 1 is 1.31 bits per heavy atom. The van der Waals surface area contributed by atoms with Gasteiger partial charge in [-0.05, 0) is 19.9 Å². The first-order chi connectivity index (χ1) is 6.26. The molecule has 3 heteroatoms. The van der Waals surface area contributed by atoms with Gasteiger partial charge in [-0.3, -0.25) is 0 Å². The van der Waals surface area contributed by atoms with E-state index in [0.717, 1.165) is 23.7 Å². The van der Waals surface area contributed by atoms with E-state index < -0.39 is 0 Å².